The summed E-state index contributed by atoms with van der Waals surface area (Å²) in [6.45, 7) is 2.59. The molecule has 0 unspecified atom stereocenters. The van der Waals surface area contributed by atoms with Crippen molar-refractivity contribution in [2.45, 2.75) is 20.0 Å². The van der Waals surface area contributed by atoms with Gasteiger partial charge in [0, 0.05) is 29.6 Å². The molecule has 27 heavy (non-hydrogen) atoms. The van der Waals surface area contributed by atoms with Gasteiger partial charge in [-0.15, -0.1) is 11.3 Å². The monoisotopic (exact) mass is 389 g/mol. The number of halogens is 2. The fraction of sp³-hybridized carbons (Fsp3) is 0.211. The lowest BCUT2D eigenvalue weighted by atomic mass is 10.2. The Bertz CT molecular complexity index is 929. The topological polar surface area (TPSA) is 64.1 Å². The van der Waals surface area contributed by atoms with Crippen LogP contribution in [0.5, 0.6) is 5.75 Å². The third-order valence-corrected chi connectivity index (χ3v) is 4.57. The van der Waals surface area contributed by atoms with E-state index in [4.69, 9.17) is 4.74 Å². The lowest BCUT2D eigenvalue weighted by Crippen LogP contribution is -2.25. The molecule has 0 spiro atoms. The van der Waals surface area contributed by atoms with Gasteiger partial charge < -0.3 is 10.1 Å². The standard InChI is InChI=1S/C19H17F2N3O2S/c1-12-2-4-15(9-23-12)26-10-18-24-14(11-27-18)6-7-22-19(25)13-3-5-16(20)17(21)8-13/h2-5,8-9,11H,6-7,10H2,1H3,(H,22,25). The minimum Gasteiger partial charge on any atom is -0.485 e. The van der Waals surface area contributed by atoms with Crippen molar-refractivity contribution in [3.63, 3.8) is 0 Å². The number of thiazole rings is 1. The minimum atomic E-state index is -1.05. The van der Waals surface area contributed by atoms with Crippen molar-refractivity contribution in [1.82, 2.24) is 15.3 Å². The Morgan fingerprint density at radius 1 is 1.22 bits per heavy atom. The number of amides is 1. The van der Waals surface area contributed by atoms with Crippen LogP contribution in [-0.4, -0.2) is 22.4 Å². The second kappa shape index (κ2) is 8.68. The molecular weight excluding hydrogens is 372 g/mol. The number of carbonyl (C=O) groups excluding carboxylic acids is 1. The summed E-state index contributed by atoms with van der Waals surface area (Å²) in [7, 11) is 0. The van der Waals surface area contributed by atoms with Crippen LogP contribution in [0.4, 0.5) is 8.78 Å². The Morgan fingerprint density at radius 3 is 2.81 bits per heavy atom. The average Bonchev–Trinajstić information content (AvgIpc) is 3.11. The zero-order chi connectivity index (χ0) is 19.2. The highest BCUT2D eigenvalue weighted by molar-refractivity contribution is 7.09. The molecule has 1 aromatic carbocycles. The molecule has 1 amide bonds. The summed E-state index contributed by atoms with van der Waals surface area (Å²) in [5, 5.41) is 5.38. The van der Waals surface area contributed by atoms with Crippen molar-refractivity contribution in [1.29, 1.82) is 0 Å². The molecule has 0 bridgehead atoms. The number of nitrogens with zero attached hydrogens (tertiary/aromatic N) is 2. The predicted octanol–water partition coefficient (Wildman–Crippen LogP) is 3.68. The number of hydrogen-bond acceptors (Lipinski definition) is 5. The molecule has 0 radical (unpaired) electrons. The van der Waals surface area contributed by atoms with Gasteiger partial charge in [-0.1, -0.05) is 0 Å². The van der Waals surface area contributed by atoms with E-state index in [9.17, 15) is 13.6 Å². The smallest absolute Gasteiger partial charge is 0.251 e. The molecule has 1 N–H and O–H groups in total. The van der Waals surface area contributed by atoms with Crippen LogP contribution in [0.2, 0.25) is 0 Å². The molecule has 3 aromatic rings. The highest BCUT2D eigenvalue weighted by atomic mass is 32.1. The lowest BCUT2D eigenvalue weighted by Gasteiger charge is -2.05. The van der Waals surface area contributed by atoms with Crippen molar-refractivity contribution in [2.75, 3.05) is 6.54 Å². The Morgan fingerprint density at radius 2 is 2.07 bits per heavy atom. The van der Waals surface area contributed by atoms with E-state index in [1.54, 1.807) is 6.20 Å². The van der Waals surface area contributed by atoms with E-state index in [1.807, 2.05) is 24.4 Å². The molecule has 0 aliphatic rings. The Labute approximate surface area is 159 Å². The zero-order valence-electron chi connectivity index (χ0n) is 14.5. The van der Waals surface area contributed by atoms with Gasteiger partial charge in [-0.2, -0.15) is 0 Å². The first-order valence-corrected chi connectivity index (χ1v) is 9.11. The maximum Gasteiger partial charge on any atom is 0.251 e. The van der Waals surface area contributed by atoms with E-state index in [2.05, 4.69) is 15.3 Å². The molecule has 2 heterocycles. The molecule has 5 nitrogen and oxygen atoms in total. The second-order valence-electron chi connectivity index (χ2n) is 5.79. The van der Waals surface area contributed by atoms with Crippen molar-refractivity contribution < 1.29 is 18.3 Å². The van der Waals surface area contributed by atoms with Gasteiger partial charge in [0.05, 0.1) is 11.9 Å². The highest BCUT2D eigenvalue weighted by Crippen LogP contribution is 2.15. The van der Waals surface area contributed by atoms with Gasteiger partial charge in [0.15, 0.2) is 11.6 Å². The Kier molecular flexibility index (Phi) is 6.08. The summed E-state index contributed by atoms with van der Waals surface area (Å²) >= 11 is 1.47. The van der Waals surface area contributed by atoms with E-state index in [0.717, 1.165) is 28.5 Å². The van der Waals surface area contributed by atoms with Crippen LogP contribution in [0.3, 0.4) is 0 Å². The van der Waals surface area contributed by atoms with Crippen LogP contribution in [0, 0.1) is 18.6 Å². The summed E-state index contributed by atoms with van der Waals surface area (Å²) < 4.78 is 31.7. The largest absolute Gasteiger partial charge is 0.485 e. The molecule has 8 heteroatoms. The molecule has 2 aromatic heterocycles. The molecule has 0 atom stereocenters. The van der Waals surface area contributed by atoms with E-state index in [0.29, 0.717) is 25.3 Å². The third kappa shape index (κ3) is 5.30. The van der Waals surface area contributed by atoms with Crippen LogP contribution >= 0.6 is 11.3 Å². The number of carbonyl (C=O) groups is 1. The Balaban J connectivity index is 1.45. The van der Waals surface area contributed by atoms with Gasteiger partial charge in [0.1, 0.15) is 17.4 Å². The van der Waals surface area contributed by atoms with Crippen molar-refractivity contribution >= 4 is 17.2 Å². The average molecular weight is 389 g/mol. The first kappa shape index (κ1) is 18.9. The van der Waals surface area contributed by atoms with Crippen LogP contribution < -0.4 is 10.1 Å². The van der Waals surface area contributed by atoms with Crippen molar-refractivity contribution in [3.05, 3.63) is 75.5 Å². The van der Waals surface area contributed by atoms with Crippen molar-refractivity contribution in [3.8, 4) is 5.75 Å². The first-order valence-electron chi connectivity index (χ1n) is 8.23. The van der Waals surface area contributed by atoms with Crippen LogP contribution in [-0.2, 0) is 13.0 Å². The highest BCUT2D eigenvalue weighted by Gasteiger charge is 2.10. The molecular formula is C19H17F2N3O2S. The number of nitrogens with one attached hydrogen (secondary N) is 1. The van der Waals surface area contributed by atoms with Crippen LogP contribution in [0.15, 0.2) is 41.9 Å². The molecule has 0 saturated carbocycles. The van der Waals surface area contributed by atoms with Gasteiger partial charge >= 0.3 is 0 Å². The van der Waals surface area contributed by atoms with E-state index in [1.165, 1.54) is 17.4 Å². The third-order valence-electron chi connectivity index (χ3n) is 3.69. The first-order chi connectivity index (χ1) is 13.0. The fourth-order valence-electron chi connectivity index (χ4n) is 2.26. The maximum absolute atomic E-state index is 13.2. The molecule has 0 saturated heterocycles. The molecule has 0 fully saturated rings. The molecule has 0 aliphatic heterocycles. The van der Waals surface area contributed by atoms with Gasteiger partial charge in [-0.05, 0) is 37.3 Å². The number of rotatable bonds is 7. The van der Waals surface area contributed by atoms with E-state index >= 15 is 0 Å². The summed E-state index contributed by atoms with van der Waals surface area (Å²) in [5.74, 6) is -1.81. The molecule has 0 aliphatic carbocycles. The number of benzene rings is 1. The number of pyridine rings is 1. The summed E-state index contributed by atoms with van der Waals surface area (Å²) in [5.41, 5.74) is 1.82. The molecule has 140 valence electrons. The van der Waals surface area contributed by atoms with E-state index in [-0.39, 0.29) is 5.56 Å². The fourth-order valence-corrected chi connectivity index (χ4v) is 3.00. The predicted molar refractivity (Wildman–Crippen MR) is 97.8 cm³/mol. The minimum absolute atomic E-state index is 0.0768. The quantitative estimate of drug-likeness (QED) is 0.670. The van der Waals surface area contributed by atoms with Gasteiger partial charge in [0.25, 0.3) is 5.91 Å². The SMILES string of the molecule is Cc1ccc(OCc2nc(CCNC(=O)c3ccc(F)c(F)c3)cs2)cn1. The Hall–Kier alpha value is -2.87. The van der Waals surface area contributed by atoms with Gasteiger partial charge in [0.2, 0.25) is 0 Å². The maximum atomic E-state index is 13.2. The summed E-state index contributed by atoms with van der Waals surface area (Å²) in [6, 6.07) is 6.78. The lowest BCUT2D eigenvalue weighted by molar-refractivity contribution is 0.0953. The number of aromatic nitrogens is 2. The van der Waals surface area contributed by atoms with Crippen LogP contribution in [0.1, 0.15) is 26.8 Å². The molecule has 3 rings (SSSR count). The number of hydrogen-bond donors (Lipinski definition) is 1. The zero-order valence-corrected chi connectivity index (χ0v) is 15.4. The number of aryl methyl sites for hydroxylation is 1. The number of ether oxygens (including phenoxy) is 1. The summed E-state index contributed by atoms with van der Waals surface area (Å²) in [6.07, 6.45) is 2.19. The normalized spacial score (nSPS) is 10.6. The van der Waals surface area contributed by atoms with Crippen molar-refractivity contribution in [2.24, 2.45) is 0 Å². The second-order valence-corrected chi connectivity index (χ2v) is 6.73. The van der Waals surface area contributed by atoms with E-state index < -0.39 is 17.5 Å². The summed E-state index contributed by atoms with van der Waals surface area (Å²) in [4.78, 5) is 20.6. The van der Waals surface area contributed by atoms with Crippen LogP contribution in [0.25, 0.3) is 0 Å². The van der Waals surface area contributed by atoms with Gasteiger partial charge in [-0.25, -0.2) is 13.8 Å². The van der Waals surface area contributed by atoms with Gasteiger partial charge in [-0.3, -0.25) is 9.78 Å².